The first-order valence-electron chi connectivity index (χ1n) is 26.1. The molecular weight excluding hydrogens is 893 g/mol. The molecule has 13 aromatic carbocycles. The summed E-state index contributed by atoms with van der Waals surface area (Å²) < 4.78 is 0. The fraction of sp³-hybridized carbons (Fsp3) is 0.0833. The molecule has 0 heterocycles. The number of benzene rings is 13. The Morgan fingerprint density at radius 3 is 1.15 bits per heavy atom. The summed E-state index contributed by atoms with van der Waals surface area (Å²) >= 11 is 0. The molecule has 0 saturated carbocycles. The Morgan fingerprint density at radius 2 is 0.581 bits per heavy atom. The van der Waals surface area contributed by atoms with Gasteiger partial charge < -0.3 is 9.80 Å². The summed E-state index contributed by atoms with van der Waals surface area (Å²) in [6.45, 7) is 9.47. The molecule has 15 rings (SSSR count). The predicted molar refractivity (Wildman–Crippen MR) is 316 cm³/mol. The minimum atomic E-state index is -0.125. The first-order chi connectivity index (χ1) is 36.2. The van der Waals surface area contributed by atoms with Gasteiger partial charge >= 0.3 is 0 Å². The molecule has 0 aliphatic heterocycles. The molecule has 0 aromatic heterocycles. The van der Waals surface area contributed by atoms with Gasteiger partial charge in [-0.3, -0.25) is 0 Å². The molecule has 0 saturated heterocycles. The third kappa shape index (κ3) is 6.24. The van der Waals surface area contributed by atoms with Gasteiger partial charge in [-0.15, -0.1) is 0 Å². The number of hydrogen-bond acceptors (Lipinski definition) is 2. The van der Waals surface area contributed by atoms with Crippen LogP contribution in [0.2, 0.25) is 0 Å². The number of rotatable bonds is 6. The first-order valence-corrected chi connectivity index (χ1v) is 26.1. The quantitative estimate of drug-likeness (QED) is 0.153. The SMILES string of the molecule is CC1(C)c2ccccc2-c2ccc(N(c3ccc4ccccc4c3)c3ccc4c(ccc5c6ccc(N(c7ccc8c(c7)C(C)(C)c7ccccc7-8)c7ccc8ccccc8c7)cc6c6ccccc6c45)c3)cc21. The Bertz CT molecular complexity index is 4490. The third-order valence-electron chi connectivity index (χ3n) is 16.9. The van der Waals surface area contributed by atoms with Gasteiger partial charge in [0, 0.05) is 45.0 Å². The lowest BCUT2D eigenvalue weighted by atomic mass is 9.82. The van der Waals surface area contributed by atoms with E-state index in [1.54, 1.807) is 0 Å². The highest BCUT2D eigenvalue weighted by atomic mass is 15.1. The molecule has 2 nitrogen and oxygen atoms in total. The topological polar surface area (TPSA) is 6.48 Å². The van der Waals surface area contributed by atoms with Gasteiger partial charge in [0.05, 0.1) is 0 Å². The maximum absolute atomic E-state index is 2.47. The molecule has 2 aliphatic rings. The van der Waals surface area contributed by atoms with Crippen LogP contribution in [0.4, 0.5) is 34.1 Å². The molecule has 0 atom stereocenters. The van der Waals surface area contributed by atoms with Crippen LogP contribution in [0.5, 0.6) is 0 Å². The molecular formula is C72H52N2. The minimum Gasteiger partial charge on any atom is -0.310 e. The third-order valence-corrected chi connectivity index (χ3v) is 16.9. The van der Waals surface area contributed by atoms with Crippen LogP contribution in [0.3, 0.4) is 0 Å². The molecule has 0 bridgehead atoms. The largest absolute Gasteiger partial charge is 0.310 e. The Kier molecular flexibility index (Phi) is 9.09. The van der Waals surface area contributed by atoms with Crippen molar-refractivity contribution in [3.63, 3.8) is 0 Å². The molecule has 13 aromatic rings. The van der Waals surface area contributed by atoms with E-state index in [0.717, 1.165) is 34.1 Å². The summed E-state index contributed by atoms with van der Waals surface area (Å²) in [5, 5.41) is 14.9. The predicted octanol–water partition coefficient (Wildman–Crippen LogP) is 20.2. The molecule has 0 spiro atoms. The maximum Gasteiger partial charge on any atom is 0.0468 e. The molecule has 0 N–H and O–H groups in total. The molecule has 0 amide bonds. The van der Waals surface area contributed by atoms with Crippen molar-refractivity contribution in [2.75, 3.05) is 9.80 Å². The normalized spacial score (nSPS) is 13.9. The number of nitrogens with zero attached hydrogens (tertiary/aromatic N) is 2. The molecule has 2 heteroatoms. The summed E-state index contributed by atoms with van der Waals surface area (Å²) in [6.07, 6.45) is 0. The first kappa shape index (κ1) is 42.7. The van der Waals surface area contributed by atoms with E-state index in [9.17, 15) is 0 Å². The Hall–Kier alpha value is -8.98. The van der Waals surface area contributed by atoms with E-state index in [2.05, 4.69) is 280 Å². The van der Waals surface area contributed by atoms with Crippen LogP contribution in [0, 0.1) is 0 Å². The smallest absolute Gasteiger partial charge is 0.0468 e. The van der Waals surface area contributed by atoms with Crippen molar-refractivity contribution < 1.29 is 0 Å². The van der Waals surface area contributed by atoms with E-state index in [1.807, 2.05) is 0 Å². The molecule has 2 aliphatic carbocycles. The van der Waals surface area contributed by atoms with E-state index in [-0.39, 0.29) is 10.8 Å². The van der Waals surface area contributed by atoms with Crippen molar-refractivity contribution in [2.45, 2.75) is 38.5 Å². The lowest BCUT2D eigenvalue weighted by Crippen LogP contribution is -2.16. The zero-order chi connectivity index (χ0) is 49.5. The van der Waals surface area contributed by atoms with Crippen LogP contribution in [-0.2, 0) is 10.8 Å². The fourth-order valence-corrected chi connectivity index (χ4v) is 13.2. The molecule has 350 valence electrons. The van der Waals surface area contributed by atoms with Crippen LogP contribution in [0.15, 0.2) is 243 Å². The second kappa shape index (κ2) is 15.8. The monoisotopic (exact) mass is 944 g/mol. The Labute approximate surface area is 432 Å². The van der Waals surface area contributed by atoms with Gasteiger partial charge in [0.1, 0.15) is 0 Å². The maximum atomic E-state index is 2.47. The molecule has 74 heavy (non-hydrogen) atoms. The highest BCUT2D eigenvalue weighted by molar-refractivity contribution is 6.32. The van der Waals surface area contributed by atoms with Crippen molar-refractivity contribution in [1.29, 1.82) is 0 Å². The zero-order valence-corrected chi connectivity index (χ0v) is 42.0. The lowest BCUT2D eigenvalue weighted by molar-refractivity contribution is 0.660. The number of anilines is 6. The van der Waals surface area contributed by atoms with Crippen molar-refractivity contribution in [3.05, 3.63) is 265 Å². The highest BCUT2D eigenvalue weighted by Gasteiger charge is 2.37. The van der Waals surface area contributed by atoms with Gasteiger partial charge in [0.15, 0.2) is 0 Å². The fourth-order valence-electron chi connectivity index (χ4n) is 13.2. The van der Waals surface area contributed by atoms with Gasteiger partial charge in [-0.2, -0.15) is 0 Å². The van der Waals surface area contributed by atoms with Crippen LogP contribution in [0.1, 0.15) is 49.9 Å². The molecule has 0 unspecified atom stereocenters. The van der Waals surface area contributed by atoms with E-state index in [0.29, 0.717) is 0 Å². The van der Waals surface area contributed by atoms with E-state index in [4.69, 9.17) is 0 Å². The van der Waals surface area contributed by atoms with E-state index in [1.165, 1.54) is 109 Å². The van der Waals surface area contributed by atoms with Gasteiger partial charge in [-0.1, -0.05) is 198 Å². The summed E-state index contributed by atoms with van der Waals surface area (Å²) in [5.41, 5.74) is 17.4. The minimum absolute atomic E-state index is 0.120. The average Bonchev–Trinajstić information content (AvgIpc) is 3.84. The van der Waals surface area contributed by atoms with Gasteiger partial charge in [0.25, 0.3) is 0 Å². The van der Waals surface area contributed by atoms with Gasteiger partial charge in [0.2, 0.25) is 0 Å². The molecule has 0 fully saturated rings. The highest BCUT2D eigenvalue weighted by Crippen LogP contribution is 2.53. The summed E-state index contributed by atoms with van der Waals surface area (Å²) in [5.74, 6) is 0. The number of hydrogen-bond donors (Lipinski definition) is 0. The second-order valence-corrected chi connectivity index (χ2v) is 21.7. The number of fused-ring (bicyclic) bond motifs is 16. The zero-order valence-electron chi connectivity index (χ0n) is 42.0. The van der Waals surface area contributed by atoms with Crippen LogP contribution < -0.4 is 9.80 Å². The van der Waals surface area contributed by atoms with Crippen molar-refractivity contribution in [1.82, 2.24) is 0 Å². The summed E-state index contributed by atoms with van der Waals surface area (Å²) in [7, 11) is 0. The Morgan fingerprint density at radius 1 is 0.230 bits per heavy atom. The lowest BCUT2D eigenvalue weighted by Gasteiger charge is -2.29. The second-order valence-electron chi connectivity index (χ2n) is 21.7. The standard InChI is InChI=1S/C72H52N2/c1-71(2)66-23-13-11-20-59(66)61-37-32-54(43-68(61)71)73(50-28-25-45-15-5-7-17-47(45)39-50)52-30-35-56-49(41-52)27-34-64-58-36-31-53(42-65(58)57-19-9-10-22-63(57)70(56)64)74(51-29-26-46-16-6-8-18-48(46)40-51)55-33-38-62-60-21-12-14-24-67(60)72(3,4)69(62)44-55/h5-44H,1-4H3. The van der Waals surface area contributed by atoms with Gasteiger partial charge in [-0.05, 0) is 182 Å². The average molecular weight is 945 g/mol. The van der Waals surface area contributed by atoms with Crippen molar-refractivity contribution >= 4 is 98.8 Å². The van der Waals surface area contributed by atoms with Crippen LogP contribution in [-0.4, -0.2) is 0 Å². The van der Waals surface area contributed by atoms with Crippen molar-refractivity contribution in [2.24, 2.45) is 0 Å². The molecule has 0 radical (unpaired) electrons. The van der Waals surface area contributed by atoms with Crippen molar-refractivity contribution in [3.8, 4) is 22.3 Å². The van der Waals surface area contributed by atoms with Crippen LogP contribution in [0.25, 0.3) is 86.9 Å². The van der Waals surface area contributed by atoms with E-state index < -0.39 is 0 Å². The van der Waals surface area contributed by atoms with Crippen LogP contribution >= 0.6 is 0 Å². The Balaban J connectivity index is 0.900. The summed E-state index contributed by atoms with van der Waals surface area (Å²) in [4.78, 5) is 4.92. The van der Waals surface area contributed by atoms with E-state index >= 15 is 0 Å². The van der Waals surface area contributed by atoms with Gasteiger partial charge in [-0.25, -0.2) is 0 Å². The summed E-state index contributed by atoms with van der Waals surface area (Å²) in [6, 6.07) is 91.2.